The third kappa shape index (κ3) is 3.11. The molecule has 1 atom stereocenters. The highest BCUT2D eigenvalue weighted by Crippen LogP contribution is 2.29. The number of rotatable bonds is 6. The molecule has 1 aliphatic carbocycles. The molecule has 1 unspecified atom stereocenters. The van der Waals surface area contributed by atoms with Crippen molar-refractivity contribution in [1.82, 2.24) is 4.90 Å². The summed E-state index contributed by atoms with van der Waals surface area (Å²) >= 11 is 0. The molecule has 0 spiro atoms. The fourth-order valence-corrected chi connectivity index (χ4v) is 1.98. The van der Waals surface area contributed by atoms with Crippen LogP contribution in [0.3, 0.4) is 0 Å². The van der Waals surface area contributed by atoms with Gasteiger partial charge >= 0.3 is 0 Å². The van der Waals surface area contributed by atoms with Gasteiger partial charge in [-0.05, 0) is 31.9 Å². The number of nitrogens with zero attached hydrogens (tertiary/aromatic N) is 1. The van der Waals surface area contributed by atoms with Crippen LogP contribution in [0.15, 0.2) is 16.5 Å². The SMILES string of the molecule is COCC(N)C(=O)N(Cc1ccc(C)o1)C1CC1. The molecule has 0 aromatic carbocycles. The Morgan fingerprint density at radius 1 is 1.61 bits per heavy atom. The van der Waals surface area contributed by atoms with E-state index < -0.39 is 6.04 Å². The minimum Gasteiger partial charge on any atom is -0.464 e. The van der Waals surface area contributed by atoms with Crippen LogP contribution < -0.4 is 5.73 Å². The van der Waals surface area contributed by atoms with E-state index in [4.69, 9.17) is 14.9 Å². The lowest BCUT2D eigenvalue weighted by Gasteiger charge is -2.24. The van der Waals surface area contributed by atoms with Crippen LogP contribution in [0.25, 0.3) is 0 Å². The summed E-state index contributed by atoms with van der Waals surface area (Å²) in [6.07, 6.45) is 2.09. The Kier molecular flexibility index (Phi) is 4.04. The highest BCUT2D eigenvalue weighted by molar-refractivity contribution is 5.82. The molecule has 0 radical (unpaired) electrons. The smallest absolute Gasteiger partial charge is 0.242 e. The van der Waals surface area contributed by atoms with Crippen molar-refractivity contribution in [3.8, 4) is 0 Å². The van der Waals surface area contributed by atoms with Crippen LogP contribution in [-0.4, -0.2) is 36.6 Å². The zero-order valence-corrected chi connectivity index (χ0v) is 10.9. The summed E-state index contributed by atoms with van der Waals surface area (Å²) in [5, 5.41) is 0. The lowest BCUT2D eigenvalue weighted by Crippen LogP contribution is -2.46. The Morgan fingerprint density at radius 3 is 2.83 bits per heavy atom. The van der Waals surface area contributed by atoms with Gasteiger partial charge < -0.3 is 19.8 Å². The molecule has 0 aliphatic heterocycles. The molecule has 2 N–H and O–H groups in total. The molecule has 1 aromatic heterocycles. The third-order valence-corrected chi connectivity index (χ3v) is 3.06. The molecule has 1 aliphatic rings. The summed E-state index contributed by atoms with van der Waals surface area (Å²) in [4.78, 5) is 14.0. The maximum absolute atomic E-state index is 12.2. The largest absolute Gasteiger partial charge is 0.464 e. The first-order valence-electron chi connectivity index (χ1n) is 6.22. The average molecular weight is 252 g/mol. The maximum atomic E-state index is 12.2. The van der Waals surface area contributed by atoms with E-state index in [9.17, 15) is 4.79 Å². The van der Waals surface area contributed by atoms with Crippen LogP contribution in [0.2, 0.25) is 0 Å². The van der Waals surface area contributed by atoms with E-state index in [-0.39, 0.29) is 12.5 Å². The zero-order chi connectivity index (χ0) is 13.1. The monoisotopic (exact) mass is 252 g/mol. The van der Waals surface area contributed by atoms with E-state index in [1.807, 2.05) is 24.0 Å². The molecule has 100 valence electrons. The van der Waals surface area contributed by atoms with E-state index in [2.05, 4.69) is 0 Å². The van der Waals surface area contributed by atoms with E-state index in [0.29, 0.717) is 12.6 Å². The molecule has 0 bridgehead atoms. The van der Waals surface area contributed by atoms with E-state index in [1.165, 1.54) is 0 Å². The van der Waals surface area contributed by atoms with Crippen molar-refractivity contribution < 1.29 is 13.9 Å². The minimum absolute atomic E-state index is 0.0617. The summed E-state index contributed by atoms with van der Waals surface area (Å²) in [5.74, 6) is 1.60. The first-order valence-corrected chi connectivity index (χ1v) is 6.22. The van der Waals surface area contributed by atoms with Crippen molar-refractivity contribution in [2.75, 3.05) is 13.7 Å². The topological polar surface area (TPSA) is 68.7 Å². The number of furan rings is 1. The van der Waals surface area contributed by atoms with Gasteiger partial charge in [0.2, 0.25) is 5.91 Å². The Hall–Kier alpha value is -1.33. The van der Waals surface area contributed by atoms with Gasteiger partial charge in [0, 0.05) is 13.2 Å². The minimum atomic E-state index is -0.591. The summed E-state index contributed by atoms with van der Waals surface area (Å²) in [6, 6.07) is 3.53. The van der Waals surface area contributed by atoms with E-state index in [0.717, 1.165) is 24.4 Å². The summed E-state index contributed by atoms with van der Waals surface area (Å²) < 4.78 is 10.4. The molecule has 0 saturated heterocycles. The van der Waals surface area contributed by atoms with Crippen LogP contribution in [-0.2, 0) is 16.1 Å². The van der Waals surface area contributed by atoms with Crippen LogP contribution in [0.5, 0.6) is 0 Å². The van der Waals surface area contributed by atoms with E-state index in [1.54, 1.807) is 7.11 Å². The number of amides is 1. The Labute approximate surface area is 107 Å². The molecule has 1 aromatic rings. The number of aryl methyl sites for hydroxylation is 1. The van der Waals surface area contributed by atoms with Gasteiger partial charge in [-0.2, -0.15) is 0 Å². The predicted molar refractivity (Wildman–Crippen MR) is 66.9 cm³/mol. The second-order valence-corrected chi connectivity index (χ2v) is 4.77. The van der Waals surface area contributed by atoms with Crippen LogP contribution in [0, 0.1) is 6.92 Å². The highest BCUT2D eigenvalue weighted by atomic mass is 16.5. The number of hydrogen-bond acceptors (Lipinski definition) is 4. The van der Waals surface area contributed by atoms with Crippen LogP contribution in [0.4, 0.5) is 0 Å². The van der Waals surface area contributed by atoms with Crippen molar-refractivity contribution in [1.29, 1.82) is 0 Å². The van der Waals surface area contributed by atoms with Crippen molar-refractivity contribution in [2.45, 2.75) is 38.4 Å². The fraction of sp³-hybridized carbons (Fsp3) is 0.615. The lowest BCUT2D eigenvalue weighted by atomic mass is 10.2. The quantitative estimate of drug-likeness (QED) is 0.821. The number of ether oxygens (including phenoxy) is 1. The predicted octanol–water partition coefficient (Wildman–Crippen LogP) is 1.05. The average Bonchev–Trinajstić information content (AvgIpc) is 3.09. The third-order valence-electron chi connectivity index (χ3n) is 3.06. The first kappa shape index (κ1) is 13.1. The van der Waals surface area contributed by atoms with Gasteiger partial charge in [0.25, 0.3) is 0 Å². The molecular weight excluding hydrogens is 232 g/mol. The summed E-state index contributed by atoms with van der Waals surface area (Å²) in [7, 11) is 1.55. The summed E-state index contributed by atoms with van der Waals surface area (Å²) in [6.45, 7) is 2.64. The maximum Gasteiger partial charge on any atom is 0.242 e. The van der Waals surface area contributed by atoms with Crippen molar-refractivity contribution in [3.63, 3.8) is 0 Å². The van der Waals surface area contributed by atoms with Gasteiger partial charge in [-0.15, -0.1) is 0 Å². The van der Waals surface area contributed by atoms with Gasteiger partial charge in [-0.3, -0.25) is 4.79 Å². The number of carbonyl (C=O) groups is 1. The van der Waals surface area contributed by atoms with Crippen molar-refractivity contribution >= 4 is 5.91 Å². The fourth-order valence-electron chi connectivity index (χ4n) is 1.98. The molecule has 1 fully saturated rings. The molecule has 2 rings (SSSR count). The van der Waals surface area contributed by atoms with Crippen molar-refractivity contribution in [3.05, 3.63) is 23.7 Å². The second kappa shape index (κ2) is 5.54. The summed E-state index contributed by atoms with van der Waals surface area (Å²) in [5.41, 5.74) is 5.81. The van der Waals surface area contributed by atoms with Gasteiger partial charge in [0.1, 0.15) is 17.6 Å². The normalized spacial score (nSPS) is 16.6. The van der Waals surface area contributed by atoms with Crippen LogP contribution in [0.1, 0.15) is 24.4 Å². The molecule has 5 heteroatoms. The molecule has 1 saturated carbocycles. The van der Waals surface area contributed by atoms with Gasteiger partial charge in [0.05, 0.1) is 13.2 Å². The molecule has 5 nitrogen and oxygen atoms in total. The molecule has 18 heavy (non-hydrogen) atoms. The Bertz CT molecular complexity index is 412. The highest BCUT2D eigenvalue weighted by Gasteiger charge is 2.35. The van der Waals surface area contributed by atoms with E-state index >= 15 is 0 Å². The second-order valence-electron chi connectivity index (χ2n) is 4.77. The number of methoxy groups -OCH3 is 1. The zero-order valence-electron chi connectivity index (χ0n) is 10.9. The Balaban J connectivity index is 2.01. The standard InChI is InChI=1S/C13H20N2O3/c1-9-3-6-11(18-9)7-15(10-4-5-10)13(16)12(14)8-17-2/h3,6,10,12H,4-5,7-8,14H2,1-2H3. The molecular formula is C13H20N2O3. The number of nitrogens with two attached hydrogens (primary N) is 1. The Morgan fingerprint density at radius 2 is 2.33 bits per heavy atom. The van der Waals surface area contributed by atoms with Crippen LogP contribution >= 0.6 is 0 Å². The first-order chi connectivity index (χ1) is 8.61. The van der Waals surface area contributed by atoms with Gasteiger partial charge in [-0.1, -0.05) is 0 Å². The number of carbonyl (C=O) groups excluding carboxylic acids is 1. The van der Waals surface area contributed by atoms with Crippen molar-refractivity contribution in [2.24, 2.45) is 5.73 Å². The lowest BCUT2D eigenvalue weighted by molar-refractivity contribution is -0.135. The molecule has 1 heterocycles. The number of hydrogen-bond donors (Lipinski definition) is 1. The molecule has 1 amide bonds. The van der Waals surface area contributed by atoms with Gasteiger partial charge in [0.15, 0.2) is 0 Å². The van der Waals surface area contributed by atoms with Gasteiger partial charge in [-0.25, -0.2) is 0 Å².